The molecule has 0 radical (unpaired) electrons. The van der Waals surface area contributed by atoms with Gasteiger partial charge in [0.15, 0.2) is 5.96 Å². The summed E-state index contributed by atoms with van der Waals surface area (Å²) in [5.74, 6) is -2.99. The fourth-order valence-corrected chi connectivity index (χ4v) is 5.09. The van der Waals surface area contributed by atoms with Crippen molar-refractivity contribution in [3.63, 3.8) is 0 Å². The molecule has 0 aromatic heterocycles. The third kappa shape index (κ3) is 11.3. The molecule has 1 aliphatic rings. The lowest BCUT2D eigenvalue weighted by Gasteiger charge is -2.30. The number of guanidine groups is 1. The van der Waals surface area contributed by atoms with Gasteiger partial charge >= 0.3 is 5.97 Å². The number of esters is 1. The Morgan fingerprint density at radius 1 is 1.04 bits per heavy atom. The average molecular weight is 669 g/mol. The molecule has 2 aromatic carbocycles. The van der Waals surface area contributed by atoms with E-state index in [-0.39, 0.29) is 61.9 Å². The lowest BCUT2D eigenvalue weighted by molar-refractivity contribution is -0.384. The van der Waals surface area contributed by atoms with Crippen LogP contribution in [0.3, 0.4) is 0 Å². The maximum atomic E-state index is 13.8. The van der Waals surface area contributed by atoms with Crippen LogP contribution in [0.2, 0.25) is 0 Å². The van der Waals surface area contributed by atoms with E-state index in [0.29, 0.717) is 24.8 Å². The number of phenolic OH excluding ortho intramolecular Hbond substituents is 1. The predicted molar refractivity (Wildman–Crippen MR) is 173 cm³/mol. The number of nitrogens with zero attached hydrogens (tertiary/aromatic N) is 3. The van der Waals surface area contributed by atoms with Gasteiger partial charge in [0, 0.05) is 43.8 Å². The highest BCUT2D eigenvalue weighted by Crippen LogP contribution is 2.21. The van der Waals surface area contributed by atoms with Crippen LogP contribution in [-0.2, 0) is 35.1 Å². The van der Waals surface area contributed by atoms with E-state index in [0.717, 1.165) is 0 Å². The van der Waals surface area contributed by atoms with Crippen LogP contribution >= 0.6 is 0 Å². The van der Waals surface area contributed by atoms with Gasteiger partial charge in [0.1, 0.15) is 23.9 Å². The summed E-state index contributed by atoms with van der Waals surface area (Å²) < 4.78 is 4.57. The van der Waals surface area contributed by atoms with Crippen LogP contribution in [-0.4, -0.2) is 88.8 Å². The maximum Gasteiger partial charge on any atom is 0.306 e. The Morgan fingerprint density at radius 2 is 1.73 bits per heavy atom. The van der Waals surface area contributed by atoms with Gasteiger partial charge in [-0.1, -0.05) is 12.1 Å². The van der Waals surface area contributed by atoms with Crippen LogP contribution in [0.25, 0.3) is 0 Å². The largest absolute Gasteiger partial charge is 0.508 e. The van der Waals surface area contributed by atoms with Crippen LogP contribution in [0.5, 0.6) is 5.75 Å². The summed E-state index contributed by atoms with van der Waals surface area (Å²) in [4.78, 5) is 80.8. The normalized spacial score (nSPS) is 15.0. The van der Waals surface area contributed by atoms with Crippen molar-refractivity contribution in [2.45, 2.75) is 63.1 Å². The van der Waals surface area contributed by atoms with E-state index in [1.165, 1.54) is 48.4 Å². The minimum atomic E-state index is -1.14. The molecule has 17 heteroatoms. The molecule has 4 amide bonds. The SMILES string of the molecule is COC(=O)CCC(=O)N[C@@H](CCCN=C(N)N)C(=O)N1CCC[C@H]1C(=O)N[C@@H](Cc1ccc(O)cc1)C(=O)Nc1ccc([N+](=O)[O-])cc1. The van der Waals surface area contributed by atoms with Gasteiger partial charge in [0.25, 0.3) is 5.69 Å². The number of amides is 4. The molecule has 258 valence electrons. The molecule has 0 bridgehead atoms. The topological polar surface area (TPSA) is 262 Å². The van der Waals surface area contributed by atoms with Gasteiger partial charge < -0.3 is 42.2 Å². The quantitative estimate of drug-likeness (QED) is 0.0357. The summed E-state index contributed by atoms with van der Waals surface area (Å²) in [5.41, 5.74) is 11.5. The van der Waals surface area contributed by atoms with E-state index >= 15 is 0 Å². The second kappa shape index (κ2) is 17.8. The van der Waals surface area contributed by atoms with Crippen LogP contribution < -0.4 is 27.4 Å². The molecule has 8 N–H and O–H groups in total. The highest BCUT2D eigenvalue weighted by molar-refractivity contribution is 5.99. The summed E-state index contributed by atoms with van der Waals surface area (Å²) in [5, 5.41) is 28.7. The Balaban J connectivity index is 1.78. The molecule has 0 saturated carbocycles. The number of hydrogen-bond donors (Lipinski definition) is 6. The Labute approximate surface area is 276 Å². The van der Waals surface area contributed by atoms with Gasteiger partial charge in [-0.3, -0.25) is 39.1 Å². The van der Waals surface area contributed by atoms with Gasteiger partial charge in [-0.2, -0.15) is 0 Å². The third-order valence-corrected chi connectivity index (χ3v) is 7.56. The summed E-state index contributed by atoms with van der Waals surface area (Å²) in [6.07, 6.45) is 0.880. The smallest absolute Gasteiger partial charge is 0.306 e. The highest BCUT2D eigenvalue weighted by atomic mass is 16.6. The monoisotopic (exact) mass is 668 g/mol. The minimum absolute atomic E-state index is 0.0139. The number of nitro groups is 1. The molecular formula is C31H40N8O9. The second-order valence-electron chi connectivity index (χ2n) is 11.1. The molecule has 1 fully saturated rings. The number of aliphatic imine (C=N–C) groups is 1. The Kier molecular flexibility index (Phi) is 13.6. The second-order valence-corrected chi connectivity index (χ2v) is 11.1. The van der Waals surface area contributed by atoms with Crippen molar-refractivity contribution in [1.29, 1.82) is 0 Å². The number of ether oxygens (including phenoxy) is 1. The summed E-state index contributed by atoms with van der Waals surface area (Å²) >= 11 is 0. The first-order valence-corrected chi connectivity index (χ1v) is 15.2. The van der Waals surface area contributed by atoms with Crippen LogP contribution in [0.15, 0.2) is 53.5 Å². The van der Waals surface area contributed by atoms with Crippen molar-refractivity contribution < 1.29 is 38.7 Å². The van der Waals surface area contributed by atoms with E-state index < -0.39 is 52.6 Å². The van der Waals surface area contributed by atoms with Crippen LogP contribution in [0.1, 0.15) is 44.1 Å². The first kappa shape index (κ1) is 36.7. The zero-order chi connectivity index (χ0) is 35.2. The van der Waals surface area contributed by atoms with Crippen LogP contribution in [0, 0.1) is 10.1 Å². The summed E-state index contributed by atoms with van der Waals surface area (Å²) in [6, 6.07) is 8.10. The standard InChI is InChI=1S/C31H40N8O9/c1-48-27(42)15-14-26(41)36-23(4-2-16-34-31(32)33)30(45)38-17-3-5-25(38)29(44)37-24(18-19-6-12-22(40)13-7-19)28(43)35-20-8-10-21(11-9-20)39(46)47/h6-13,23-25,40H,2-5,14-18H2,1H3,(H,35,43)(H,36,41)(H,37,44)(H4,32,33,34)/t23-,24-,25-/m0/s1. The van der Waals surface area contributed by atoms with Crippen LogP contribution in [0.4, 0.5) is 11.4 Å². The molecule has 1 aliphatic heterocycles. The number of methoxy groups -OCH3 is 1. The van der Waals surface area contributed by atoms with Crippen molar-refractivity contribution >= 4 is 46.9 Å². The van der Waals surface area contributed by atoms with E-state index in [2.05, 4.69) is 25.7 Å². The number of likely N-dealkylation sites (tertiary alicyclic amines) is 1. The van der Waals surface area contributed by atoms with Crippen molar-refractivity contribution in [2.24, 2.45) is 16.5 Å². The van der Waals surface area contributed by atoms with Gasteiger partial charge in [-0.15, -0.1) is 0 Å². The fraction of sp³-hybridized carbons (Fsp3) is 0.419. The van der Waals surface area contributed by atoms with E-state index in [4.69, 9.17) is 11.5 Å². The predicted octanol–water partition coefficient (Wildman–Crippen LogP) is 0.449. The van der Waals surface area contributed by atoms with Gasteiger partial charge in [-0.05, 0) is 55.5 Å². The number of carbonyl (C=O) groups excluding carboxylic acids is 5. The molecule has 1 heterocycles. The molecule has 3 rings (SSSR count). The molecular weight excluding hydrogens is 628 g/mol. The number of nitro benzene ring substituents is 1. The lowest BCUT2D eigenvalue weighted by Crippen LogP contribution is -2.56. The number of carbonyl (C=O) groups is 5. The molecule has 0 aliphatic carbocycles. The van der Waals surface area contributed by atoms with Crippen molar-refractivity contribution in [3.8, 4) is 5.75 Å². The lowest BCUT2D eigenvalue weighted by atomic mass is 10.0. The number of benzene rings is 2. The first-order valence-electron chi connectivity index (χ1n) is 15.2. The average Bonchev–Trinajstić information content (AvgIpc) is 3.56. The number of non-ortho nitro benzene ring substituents is 1. The maximum absolute atomic E-state index is 13.8. The third-order valence-electron chi connectivity index (χ3n) is 7.56. The van der Waals surface area contributed by atoms with Gasteiger partial charge in [-0.25, -0.2) is 0 Å². The molecule has 0 unspecified atom stereocenters. The highest BCUT2D eigenvalue weighted by Gasteiger charge is 2.38. The van der Waals surface area contributed by atoms with Crippen molar-refractivity contribution in [2.75, 3.05) is 25.5 Å². The summed E-state index contributed by atoms with van der Waals surface area (Å²) in [7, 11) is 1.20. The number of aromatic hydroxyl groups is 1. The van der Waals surface area contributed by atoms with E-state index in [1.807, 2.05) is 0 Å². The Morgan fingerprint density at radius 3 is 2.35 bits per heavy atom. The van der Waals surface area contributed by atoms with E-state index in [1.54, 1.807) is 12.1 Å². The van der Waals surface area contributed by atoms with Crippen molar-refractivity contribution in [3.05, 3.63) is 64.2 Å². The zero-order valence-electron chi connectivity index (χ0n) is 26.4. The van der Waals surface area contributed by atoms with E-state index in [9.17, 15) is 39.2 Å². The van der Waals surface area contributed by atoms with Gasteiger partial charge in [0.2, 0.25) is 23.6 Å². The number of phenols is 1. The molecule has 17 nitrogen and oxygen atoms in total. The molecule has 48 heavy (non-hydrogen) atoms. The first-order chi connectivity index (χ1) is 22.9. The Hall–Kier alpha value is -5.74. The summed E-state index contributed by atoms with van der Waals surface area (Å²) in [6.45, 7) is 0.411. The van der Waals surface area contributed by atoms with Gasteiger partial charge in [0.05, 0.1) is 18.5 Å². The molecule has 0 spiro atoms. The van der Waals surface area contributed by atoms with Crippen molar-refractivity contribution in [1.82, 2.24) is 15.5 Å². The number of anilines is 1. The molecule has 3 atom stereocenters. The molecule has 2 aromatic rings. The minimum Gasteiger partial charge on any atom is -0.508 e. The number of nitrogens with one attached hydrogen (secondary N) is 3. The number of rotatable bonds is 16. The fourth-order valence-electron chi connectivity index (χ4n) is 5.09. The Bertz CT molecular complexity index is 1490. The number of nitrogens with two attached hydrogens (primary N) is 2. The number of hydrogen-bond acceptors (Lipinski definition) is 10. The molecule has 1 saturated heterocycles. The zero-order valence-corrected chi connectivity index (χ0v) is 26.4.